The number of aromatic nitrogens is 2. The average Bonchev–Trinajstić information content (AvgIpc) is 2.90. The number of benzene rings is 1. The first-order valence-electron chi connectivity index (χ1n) is 6.42. The summed E-state index contributed by atoms with van der Waals surface area (Å²) in [5.41, 5.74) is 2.10. The van der Waals surface area contributed by atoms with Crippen LogP contribution in [0.1, 0.15) is 21.9 Å². The van der Waals surface area contributed by atoms with E-state index in [0.29, 0.717) is 17.7 Å². The van der Waals surface area contributed by atoms with E-state index in [0.717, 1.165) is 16.8 Å². The first-order chi connectivity index (χ1) is 10.1. The van der Waals surface area contributed by atoms with Gasteiger partial charge in [0.15, 0.2) is 5.69 Å². The molecule has 6 heteroatoms. The number of carbonyl (C=O) groups is 1. The lowest BCUT2D eigenvalue weighted by Crippen LogP contribution is -2.05. The van der Waals surface area contributed by atoms with E-state index in [-0.39, 0.29) is 5.69 Å². The van der Waals surface area contributed by atoms with Crippen LogP contribution in [-0.2, 0) is 6.54 Å². The van der Waals surface area contributed by atoms with Gasteiger partial charge in [-0.25, -0.2) is 9.78 Å². The molecule has 0 aliphatic heterocycles. The number of carboxylic acid groups (broad SMARTS) is 1. The van der Waals surface area contributed by atoms with E-state index in [1.54, 1.807) is 6.07 Å². The summed E-state index contributed by atoms with van der Waals surface area (Å²) in [6, 6.07) is 10.7. The Morgan fingerprint density at radius 1 is 1.33 bits per heavy atom. The highest BCUT2D eigenvalue weighted by atomic mass is 16.5. The Bertz CT molecular complexity index is 811. The molecule has 2 aromatic heterocycles. The van der Waals surface area contributed by atoms with Gasteiger partial charge in [0.25, 0.3) is 0 Å². The maximum absolute atomic E-state index is 11.2. The maximum atomic E-state index is 11.2. The van der Waals surface area contributed by atoms with Gasteiger partial charge < -0.3 is 14.9 Å². The lowest BCUT2D eigenvalue weighted by Gasteiger charge is -2.09. The van der Waals surface area contributed by atoms with E-state index in [4.69, 9.17) is 9.63 Å². The zero-order valence-corrected chi connectivity index (χ0v) is 11.3. The highest BCUT2D eigenvalue weighted by Crippen LogP contribution is 2.23. The third kappa shape index (κ3) is 2.69. The first-order valence-corrected chi connectivity index (χ1v) is 6.42. The molecule has 3 aromatic rings. The van der Waals surface area contributed by atoms with Gasteiger partial charge in [0.2, 0.25) is 0 Å². The number of hydrogen-bond donors (Lipinski definition) is 2. The highest BCUT2D eigenvalue weighted by Gasteiger charge is 2.11. The summed E-state index contributed by atoms with van der Waals surface area (Å²) < 4.78 is 5.01. The van der Waals surface area contributed by atoms with E-state index in [1.807, 2.05) is 31.2 Å². The van der Waals surface area contributed by atoms with E-state index >= 15 is 0 Å². The lowest BCUT2D eigenvalue weighted by atomic mass is 10.1. The van der Waals surface area contributed by atoms with Crippen molar-refractivity contribution >= 4 is 22.6 Å². The Balaban J connectivity index is 1.97. The molecule has 1 aromatic carbocycles. The molecule has 2 heterocycles. The van der Waals surface area contributed by atoms with E-state index in [2.05, 4.69) is 15.5 Å². The predicted octanol–water partition coefficient (Wildman–Crippen LogP) is 2.84. The van der Waals surface area contributed by atoms with Gasteiger partial charge >= 0.3 is 5.97 Å². The van der Waals surface area contributed by atoms with Crippen LogP contribution in [-0.4, -0.2) is 21.2 Å². The quantitative estimate of drug-likeness (QED) is 0.765. The molecule has 106 valence electrons. The normalized spacial score (nSPS) is 10.7. The van der Waals surface area contributed by atoms with Crippen molar-refractivity contribution in [2.75, 3.05) is 5.32 Å². The van der Waals surface area contributed by atoms with Crippen LogP contribution in [0.3, 0.4) is 0 Å². The van der Waals surface area contributed by atoms with Crippen molar-refractivity contribution in [2.45, 2.75) is 13.5 Å². The number of pyridine rings is 1. The van der Waals surface area contributed by atoms with Crippen LogP contribution >= 0.6 is 0 Å². The van der Waals surface area contributed by atoms with Gasteiger partial charge in [-0.15, -0.1) is 0 Å². The number of fused-ring (bicyclic) bond motifs is 1. The monoisotopic (exact) mass is 283 g/mol. The Hall–Kier alpha value is -2.89. The smallest absolute Gasteiger partial charge is 0.354 e. The fourth-order valence-electron chi connectivity index (χ4n) is 2.12. The van der Waals surface area contributed by atoms with E-state index in [1.165, 1.54) is 6.07 Å². The molecule has 0 saturated heterocycles. The van der Waals surface area contributed by atoms with Gasteiger partial charge in [-0.3, -0.25) is 0 Å². The molecule has 0 aliphatic carbocycles. The Morgan fingerprint density at radius 2 is 2.14 bits per heavy atom. The Labute approximate surface area is 120 Å². The van der Waals surface area contributed by atoms with E-state index < -0.39 is 5.97 Å². The van der Waals surface area contributed by atoms with Crippen molar-refractivity contribution in [3.05, 3.63) is 53.5 Å². The maximum Gasteiger partial charge on any atom is 0.354 e. The number of carboxylic acids is 1. The largest absolute Gasteiger partial charge is 0.477 e. The number of rotatable bonds is 4. The first kappa shape index (κ1) is 13.1. The van der Waals surface area contributed by atoms with Crippen LogP contribution in [0.5, 0.6) is 0 Å². The summed E-state index contributed by atoms with van der Waals surface area (Å²) in [6.45, 7) is 2.27. The van der Waals surface area contributed by atoms with Gasteiger partial charge in [-0.2, -0.15) is 0 Å². The molecule has 0 saturated carbocycles. The fraction of sp³-hybridized carbons (Fsp3) is 0.133. The van der Waals surface area contributed by atoms with Gasteiger partial charge in [0, 0.05) is 17.1 Å². The standard InChI is InChI=1S/C15H13N3O3/c1-9-6-10(18-21-9)8-16-13-7-14(15(19)20)17-12-5-3-2-4-11(12)13/h2-7H,8H2,1H3,(H,16,17)(H,19,20). The van der Waals surface area contributed by atoms with Crippen molar-refractivity contribution < 1.29 is 14.4 Å². The number of aryl methyl sites for hydroxylation is 1. The van der Waals surface area contributed by atoms with Crippen molar-refractivity contribution in [1.29, 1.82) is 0 Å². The summed E-state index contributed by atoms with van der Waals surface area (Å²) in [7, 11) is 0. The second kappa shape index (κ2) is 5.24. The van der Waals surface area contributed by atoms with Gasteiger partial charge in [-0.1, -0.05) is 23.4 Å². The molecular weight excluding hydrogens is 270 g/mol. The van der Waals surface area contributed by atoms with Crippen molar-refractivity contribution in [3.8, 4) is 0 Å². The number of hydrogen-bond acceptors (Lipinski definition) is 5. The van der Waals surface area contributed by atoms with Gasteiger partial charge in [0.05, 0.1) is 12.1 Å². The molecule has 0 atom stereocenters. The van der Waals surface area contributed by atoms with Crippen molar-refractivity contribution in [3.63, 3.8) is 0 Å². The summed E-state index contributed by atoms with van der Waals surface area (Å²) in [6.07, 6.45) is 0. The molecule has 3 rings (SSSR count). The van der Waals surface area contributed by atoms with Crippen molar-refractivity contribution in [1.82, 2.24) is 10.1 Å². The summed E-state index contributed by atoms with van der Waals surface area (Å²) in [5, 5.41) is 17.1. The van der Waals surface area contributed by atoms with Crippen LogP contribution in [0.25, 0.3) is 10.9 Å². The number of aromatic carboxylic acids is 1. The molecule has 0 spiro atoms. The number of nitrogens with zero attached hydrogens (tertiary/aromatic N) is 2. The lowest BCUT2D eigenvalue weighted by molar-refractivity contribution is 0.0691. The Kier molecular flexibility index (Phi) is 3.27. The van der Waals surface area contributed by atoms with Gasteiger partial charge in [0.1, 0.15) is 11.5 Å². The molecule has 0 amide bonds. The average molecular weight is 283 g/mol. The molecule has 0 radical (unpaired) electrons. The molecule has 2 N–H and O–H groups in total. The molecule has 0 bridgehead atoms. The van der Waals surface area contributed by atoms with Crippen LogP contribution in [0.2, 0.25) is 0 Å². The fourth-order valence-corrected chi connectivity index (χ4v) is 2.12. The second-order valence-corrected chi connectivity index (χ2v) is 4.66. The minimum atomic E-state index is -1.05. The summed E-state index contributed by atoms with van der Waals surface area (Å²) in [4.78, 5) is 15.3. The zero-order valence-electron chi connectivity index (χ0n) is 11.3. The predicted molar refractivity (Wildman–Crippen MR) is 77.3 cm³/mol. The molecule has 6 nitrogen and oxygen atoms in total. The minimum absolute atomic E-state index is 0.00698. The molecule has 0 fully saturated rings. The van der Waals surface area contributed by atoms with Gasteiger partial charge in [-0.05, 0) is 19.1 Å². The van der Waals surface area contributed by atoms with Crippen LogP contribution in [0.4, 0.5) is 5.69 Å². The number of nitrogens with one attached hydrogen (secondary N) is 1. The van der Waals surface area contributed by atoms with Crippen LogP contribution in [0.15, 0.2) is 40.9 Å². The highest BCUT2D eigenvalue weighted by molar-refractivity contribution is 5.97. The minimum Gasteiger partial charge on any atom is -0.477 e. The summed E-state index contributed by atoms with van der Waals surface area (Å²) in [5.74, 6) is -0.321. The SMILES string of the molecule is Cc1cc(CNc2cc(C(=O)O)nc3ccccc23)no1. The molecule has 0 aliphatic rings. The van der Waals surface area contributed by atoms with Crippen LogP contribution < -0.4 is 5.32 Å². The molecule has 0 unspecified atom stereocenters. The second-order valence-electron chi connectivity index (χ2n) is 4.66. The Morgan fingerprint density at radius 3 is 2.86 bits per heavy atom. The number of para-hydroxylation sites is 1. The zero-order chi connectivity index (χ0) is 14.8. The molecule has 21 heavy (non-hydrogen) atoms. The molecular formula is C15H13N3O3. The van der Waals surface area contributed by atoms with E-state index in [9.17, 15) is 4.79 Å². The van der Waals surface area contributed by atoms with Crippen LogP contribution in [0, 0.1) is 6.92 Å². The third-order valence-electron chi connectivity index (χ3n) is 3.07. The van der Waals surface area contributed by atoms with Crippen molar-refractivity contribution in [2.24, 2.45) is 0 Å². The topological polar surface area (TPSA) is 88.2 Å². The summed E-state index contributed by atoms with van der Waals surface area (Å²) >= 11 is 0. The number of anilines is 1. The third-order valence-corrected chi connectivity index (χ3v) is 3.07.